The summed E-state index contributed by atoms with van der Waals surface area (Å²) < 4.78 is 14.0. The van der Waals surface area contributed by atoms with Gasteiger partial charge in [0.25, 0.3) is 0 Å². The lowest BCUT2D eigenvalue weighted by Gasteiger charge is -2.35. The Bertz CT molecular complexity index is 1010. The molecule has 1 atom stereocenters. The summed E-state index contributed by atoms with van der Waals surface area (Å²) in [6, 6.07) is 17.0. The molecule has 2 aliphatic heterocycles. The fourth-order valence-corrected chi connectivity index (χ4v) is 4.59. The molecule has 0 aliphatic carbocycles. The molecule has 0 radical (unpaired) electrons. The Hall–Kier alpha value is -2.63. The second kappa shape index (κ2) is 7.32. The molecular formula is C24H27N3O2. The van der Waals surface area contributed by atoms with E-state index in [1.165, 1.54) is 22.4 Å². The van der Waals surface area contributed by atoms with E-state index in [-0.39, 0.29) is 5.60 Å². The van der Waals surface area contributed by atoms with Gasteiger partial charge in [-0.25, -0.2) is 4.98 Å². The van der Waals surface area contributed by atoms with E-state index >= 15 is 0 Å². The number of hydrogen-bond donors (Lipinski definition) is 0. The number of fused-ring (bicyclic) bond motifs is 1. The largest absolute Gasteiger partial charge is 0.497 e. The number of imidazole rings is 1. The highest BCUT2D eigenvalue weighted by Gasteiger charge is 2.43. The highest BCUT2D eigenvalue weighted by molar-refractivity contribution is 5.60. The van der Waals surface area contributed by atoms with Crippen molar-refractivity contribution in [3.8, 4) is 17.0 Å². The number of likely N-dealkylation sites (tertiary alicyclic amines) is 1. The van der Waals surface area contributed by atoms with Crippen molar-refractivity contribution in [2.75, 3.05) is 20.2 Å². The van der Waals surface area contributed by atoms with Gasteiger partial charge in [-0.1, -0.05) is 35.9 Å². The number of aromatic nitrogens is 2. The predicted octanol–water partition coefficient (Wildman–Crippen LogP) is 4.04. The first kappa shape index (κ1) is 18.4. The van der Waals surface area contributed by atoms with Crippen molar-refractivity contribution in [2.45, 2.75) is 38.6 Å². The second-order valence-electron chi connectivity index (χ2n) is 8.30. The van der Waals surface area contributed by atoms with Crippen LogP contribution in [0.5, 0.6) is 5.75 Å². The number of rotatable bonds is 4. The van der Waals surface area contributed by atoms with Gasteiger partial charge < -0.3 is 14.0 Å². The average Bonchev–Trinajstić information content (AvgIpc) is 3.33. The molecule has 0 bridgehead atoms. The van der Waals surface area contributed by atoms with Crippen LogP contribution < -0.4 is 4.74 Å². The van der Waals surface area contributed by atoms with Crippen molar-refractivity contribution in [1.29, 1.82) is 0 Å². The molecule has 1 saturated heterocycles. The van der Waals surface area contributed by atoms with Crippen molar-refractivity contribution < 1.29 is 9.47 Å². The molecular weight excluding hydrogens is 362 g/mol. The van der Waals surface area contributed by atoms with Crippen LogP contribution in [0.25, 0.3) is 11.3 Å². The maximum Gasteiger partial charge on any atom is 0.135 e. The summed E-state index contributed by atoms with van der Waals surface area (Å²) in [4.78, 5) is 7.13. The number of nitrogens with zero attached hydrogens (tertiary/aromatic N) is 3. The molecule has 150 valence electrons. The van der Waals surface area contributed by atoms with Crippen molar-refractivity contribution in [3.05, 3.63) is 71.7 Å². The molecule has 5 nitrogen and oxygen atoms in total. The molecule has 5 rings (SSSR count). The monoisotopic (exact) mass is 389 g/mol. The zero-order valence-corrected chi connectivity index (χ0v) is 17.1. The summed E-state index contributed by atoms with van der Waals surface area (Å²) in [5, 5.41) is 0. The van der Waals surface area contributed by atoms with Gasteiger partial charge in [0, 0.05) is 25.2 Å². The summed E-state index contributed by atoms with van der Waals surface area (Å²) in [6.07, 6.45) is 3.05. The number of benzene rings is 2. The highest BCUT2D eigenvalue weighted by atomic mass is 16.5. The Morgan fingerprint density at radius 1 is 1.14 bits per heavy atom. The molecule has 1 aromatic heterocycles. The van der Waals surface area contributed by atoms with Gasteiger partial charge in [0.05, 0.1) is 25.5 Å². The van der Waals surface area contributed by atoms with Gasteiger partial charge in [0.2, 0.25) is 0 Å². The SMILES string of the molecule is COc1ccc(CN2CC[C@]3(C2)Cn2c(-c4cccc(C)c4)cnc2CO3)cc1. The van der Waals surface area contributed by atoms with E-state index in [0.717, 1.165) is 44.2 Å². The predicted molar refractivity (Wildman–Crippen MR) is 113 cm³/mol. The second-order valence-corrected chi connectivity index (χ2v) is 8.30. The Kier molecular flexibility index (Phi) is 4.64. The summed E-state index contributed by atoms with van der Waals surface area (Å²) >= 11 is 0. The Labute approximate surface area is 171 Å². The maximum absolute atomic E-state index is 6.39. The van der Waals surface area contributed by atoms with E-state index in [9.17, 15) is 0 Å². The minimum absolute atomic E-state index is 0.126. The van der Waals surface area contributed by atoms with Crippen LogP contribution in [0, 0.1) is 6.92 Å². The number of hydrogen-bond acceptors (Lipinski definition) is 4. The average molecular weight is 389 g/mol. The third kappa shape index (κ3) is 3.56. The summed E-state index contributed by atoms with van der Waals surface area (Å²) in [5.74, 6) is 1.93. The zero-order chi connectivity index (χ0) is 19.8. The lowest BCUT2D eigenvalue weighted by atomic mass is 10.0. The van der Waals surface area contributed by atoms with Crippen molar-refractivity contribution in [1.82, 2.24) is 14.5 Å². The van der Waals surface area contributed by atoms with Crippen molar-refractivity contribution >= 4 is 0 Å². The maximum atomic E-state index is 6.39. The third-order valence-electron chi connectivity index (χ3n) is 6.17. The fraction of sp³-hybridized carbons (Fsp3) is 0.375. The molecule has 2 aromatic carbocycles. The van der Waals surface area contributed by atoms with Gasteiger partial charge in [-0.2, -0.15) is 0 Å². The van der Waals surface area contributed by atoms with Gasteiger partial charge in [-0.15, -0.1) is 0 Å². The van der Waals surface area contributed by atoms with Crippen LogP contribution in [0.4, 0.5) is 0 Å². The smallest absolute Gasteiger partial charge is 0.135 e. The lowest BCUT2D eigenvalue weighted by molar-refractivity contribution is -0.0821. The minimum Gasteiger partial charge on any atom is -0.497 e. The Balaban J connectivity index is 1.33. The number of aryl methyl sites for hydroxylation is 1. The summed E-state index contributed by atoms with van der Waals surface area (Å²) in [7, 11) is 1.70. The van der Waals surface area contributed by atoms with Gasteiger partial charge in [-0.3, -0.25) is 4.90 Å². The van der Waals surface area contributed by atoms with Crippen molar-refractivity contribution in [2.24, 2.45) is 0 Å². The Morgan fingerprint density at radius 2 is 2.00 bits per heavy atom. The van der Waals surface area contributed by atoms with Crippen LogP contribution in [0.15, 0.2) is 54.7 Å². The highest BCUT2D eigenvalue weighted by Crippen LogP contribution is 2.35. The van der Waals surface area contributed by atoms with Gasteiger partial charge >= 0.3 is 0 Å². The standard InChI is InChI=1S/C24H27N3O2/c1-18-4-3-5-20(12-18)22-13-25-23-15-29-24(17-27(22)23)10-11-26(16-24)14-19-6-8-21(28-2)9-7-19/h3-9,12-13H,10-11,14-17H2,1-2H3/t24-/m0/s1. The molecule has 0 saturated carbocycles. The third-order valence-corrected chi connectivity index (χ3v) is 6.17. The topological polar surface area (TPSA) is 39.5 Å². The summed E-state index contributed by atoms with van der Waals surface area (Å²) in [6.45, 7) is 6.53. The first-order chi connectivity index (χ1) is 14.1. The normalized spacial score (nSPS) is 21.4. The van der Waals surface area contributed by atoms with Crippen LogP contribution in [0.2, 0.25) is 0 Å². The van der Waals surface area contributed by atoms with Crippen LogP contribution in [0.3, 0.4) is 0 Å². The quantitative estimate of drug-likeness (QED) is 0.675. The Morgan fingerprint density at radius 3 is 2.79 bits per heavy atom. The fourth-order valence-electron chi connectivity index (χ4n) is 4.59. The molecule has 1 spiro atoms. The molecule has 3 heterocycles. The number of ether oxygens (including phenoxy) is 2. The molecule has 0 N–H and O–H groups in total. The molecule has 3 aromatic rings. The first-order valence-electron chi connectivity index (χ1n) is 10.2. The van der Waals surface area contributed by atoms with E-state index in [2.05, 4.69) is 57.8 Å². The van der Waals surface area contributed by atoms with Crippen LogP contribution in [0.1, 0.15) is 23.4 Å². The summed E-state index contributed by atoms with van der Waals surface area (Å²) in [5.41, 5.74) is 4.88. The van der Waals surface area contributed by atoms with Crippen LogP contribution >= 0.6 is 0 Å². The van der Waals surface area contributed by atoms with E-state index in [0.29, 0.717) is 6.61 Å². The molecule has 29 heavy (non-hydrogen) atoms. The molecule has 5 heteroatoms. The lowest BCUT2D eigenvalue weighted by Crippen LogP contribution is -2.44. The van der Waals surface area contributed by atoms with Crippen LogP contribution in [-0.4, -0.2) is 40.3 Å². The first-order valence-corrected chi connectivity index (χ1v) is 10.2. The molecule has 0 unspecified atom stereocenters. The van der Waals surface area contributed by atoms with E-state index in [1.54, 1.807) is 7.11 Å². The van der Waals surface area contributed by atoms with Gasteiger partial charge in [0.15, 0.2) is 0 Å². The molecule has 2 aliphatic rings. The molecule has 0 amide bonds. The zero-order valence-electron chi connectivity index (χ0n) is 17.1. The van der Waals surface area contributed by atoms with E-state index in [1.807, 2.05) is 18.3 Å². The van der Waals surface area contributed by atoms with Crippen molar-refractivity contribution in [3.63, 3.8) is 0 Å². The van der Waals surface area contributed by atoms with Crippen LogP contribution in [-0.2, 0) is 24.4 Å². The van der Waals surface area contributed by atoms with Gasteiger partial charge in [0.1, 0.15) is 23.8 Å². The number of methoxy groups -OCH3 is 1. The van der Waals surface area contributed by atoms with E-state index in [4.69, 9.17) is 9.47 Å². The minimum atomic E-state index is -0.126. The molecule has 1 fully saturated rings. The van der Waals surface area contributed by atoms with Gasteiger partial charge in [-0.05, 0) is 37.1 Å². The van der Waals surface area contributed by atoms with E-state index < -0.39 is 0 Å².